The van der Waals surface area contributed by atoms with E-state index in [1.165, 1.54) is 6.92 Å². The number of rotatable bonds is 3. The van der Waals surface area contributed by atoms with Crippen molar-refractivity contribution >= 4 is 18.3 Å². The van der Waals surface area contributed by atoms with E-state index < -0.39 is 48.1 Å². The molecule has 0 saturated carbocycles. The number of nitrogens with one attached hydrogen (secondary N) is 1. The van der Waals surface area contributed by atoms with Crippen molar-refractivity contribution in [2.75, 3.05) is 6.61 Å². The number of ether oxygens (including phenoxy) is 1. The van der Waals surface area contributed by atoms with Gasteiger partial charge in [0.25, 0.3) is 5.56 Å². The van der Waals surface area contributed by atoms with Gasteiger partial charge in [-0.2, -0.15) is 0 Å². The van der Waals surface area contributed by atoms with Crippen molar-refractivity contribution in [3.05, 3.63) is 32.6 Å². The first kappa shape index (κ1) is 17.4. The highest BCUT2D eigenvalue weighted by atomic mass is 32.5. The lowest BCUT2D eigenvalue weighted by Crippen LogP contribution is -2.49. The van der Waals surface area contributed by atoms with Crippen LogP contribution in [-0.2, 0) is 16.5 Å². The molecule has 1 aliphatic rings. The normalized spacial score (nSPS) is 32.4. The van der Waals surface area contributed by atoms with Crippen LogP contribution in [0, 0.1) is 6.92 Å². The summed E-state index contributed by atoms with van der Waals surface area (Å²) in [7, 11) is 0. The van der Waals surface area contributed by atoms with Crippen LogP contribution < -0.4 is 11.2 Å². The lowest BCUT2D eigenvalue weighted by molar-refractivity contribution is -0.0596. The topological polar surface area (TPSA) is 165 Å². The molecule has 2 rings (SSSR count). The van der Waals surface area contributed by atoms with Crippen LogP contribution >= 0.6 is 6.49 Å². The standard InChI is InChI=1S/C10H15N2O8PS/c1-4-2-12(9(16)11-7(4)15)8-6(14)10(17,21(18,19)22)5(3-13)20-8/h2,5-6,8,13-14,17H,3H2,1H3,(H,11,15,16)(H2,18,19,22)/t5-,6+,8-,10+/m1/s1. The molecule has 0 unspecified atom stereocenters. The van der Waals surface area contributed by atoms with E-state index in [1.54, 1.807) is 0 Å². The number of hydrogen-bond donors (Lipinski definition) is 6. The van der Waals surface area contributed by atoms with Crippen LogP contribution in [0.15, 0.2) is 15.8 Å². The Labute approximate surface area is 128 Å². The minimum atomic E-state index is -4.48. The third kappa shape index (κ3) is 2.49. The molecule has 12 heteroatoms. The van der Waals surface area contributed by atoms with E-state index in [0.717, 1.165) is 10.8 Å². The van der Waals surface area contributed by atoms with Crippen molar-refractivity contribution in [2.24, 2.45) is 0 Å². The molecule has 0 radical (unpaired) electrons. The number of aromatic nitrogens is 2. The molecular weight excluding hydrogens is 339 g/mol. The quantitative estimate of drug-likeness (QED) is 0.312. The van der Waals surface area contributed by atoms with Gasteiger partial charge < -0.3 is 29.8 Å². The highest BCUT2D eigenvalue weighted by Gasteiger charge is 2.63. The number of aliphatic hydroxyl groups is 3. The fourth-order valence-corrected chi connectivity index (χ4v) is 3.94. The molecule has 0 aromatic carbocycles. The molecule has 1 aromatic rings. The summed E-state index contributed by atoms with van der Waals surface area (Å²) in [4.78, 5) is 44.4. The summed E-state index contributed by atoms with van der Waals surface area (Å²) in [5.74, 6) is 0. The maximum atomic E-state index is 11.8. The van der Waals surface area contributed by atoms with Crippen LogP contribution in [0.3, 0.4) is 0 Å². The monoisotopic (exact) mass is 354 g/mol. The van der Waals surface area contributed by atoms with Gasteiger partial charge in [0.1, 0.15) is 12.2 Å². The second-order valence-electron chi connectivity index (χ2n) is 4.95. The average molecular weight is 354 g/mol. The van der Waals surface area contributed by atoms with Crippen molar-refractivity contribution in [1.29, 1.82) is 0 Å². The second kappa shape index (κ2) is 5.62. The summed E-state index contributed by atoms with van der Waals surface area (Å²) in [6.07, 6.45) is -4.11. The van der Waals surface area contributed by atoms with Crippen molar-refractivity contribution in [3.63, 3.8) is 0 Å². The third-order valence-electron chi connectivity index (χ3n) is 3.54. The van der Waals surface area contributed by atoms with Gasteiger partial charge in [-0.05, 0) is 18.7 Å². The number of nitrogens with zero attached hydrogens (tertiary/aromatic N) is 1. The average Bonchev–Trinajstić information content (AvgIpc) is 2.67. The van der Waals surface area contributed by atoms with Crippen molar-refractivity contribution in [2.45, 2.75) is 30.7 Å². The molecule has 0 amide bonds. The van der Waals surface area contributed by atoms with Gasteiger partial charge in [-0.3, -0.25) is 14.3 Å². The molecule has 0 aliphatic carbocycles. The van der Waals surface area contributed by atoms with E-state index in [-0.39, 0.29) is 5.56 Å². The second-order valence-corrected chi connectivity index (χ2v) is 8.28. The van der Waals surface area contributed by atoms with Gasteiger partial charge >= 0.3 is 5.69 Å². The molecule has 0 bridgehead atoms. The molecule has 4 atom stereocenters. The van der Waals surface area contributed by atoms with Gasteiger partial charge in [-0.25, -0.2) is 4.79 Å². The fourth-order valence-electron chi connectivity index (χ4n) is 2.27. The van der Waals surface area contributed by atoms with Crippen LogP contribution in [0.2, 0.25) is 0 Å². The van der Waals surface area contributed by atoms with Gasteiger partial charge in [0, 0.05) is 11.8 Å². The van der Waals surface area contributed by atoms with E-state index in [2.05, 4.69) is 11.8 Å². The van der Waals surface area contributed by atoms with Gasteiger partial charge in [0.2, 0.25) is 6.49 Å². The molecule has 1 aliphatic heterocycles. The van der Waals surface area contributed by atoms with Crippen molar-refractivity contribution < 1.29 is 29.8 Å². The van der Waals surface area contributed by atoms with E-state index in [4.69, 9.17) is 4.74 Å². The maximum absolute atomic E-state index is 11.8. The van der Waals surface area contributed by atoms with Gasteiger partial charge in [-0.15, -0.1) is 0 Å². The molecular formula is C10H15N2O8PS. The number of hydrogen-bond acceptors (Lipinski definition) is 7. The van der Waals surface area contributed by atoms with E-state index in [9.17, 15) is 34.7 Å². The summed E-state index contributed by atoms with van der Waals surface area (Å²) < 4.78 is 5.93. The Morgan fingerprint density at radius 1 is 1.50 bits per heavy atom. The van der Waals surface area contributed by atoms with Crippen LogP contribution in [0.25, 0.3) is 0 Å². The van der Waals surface area contributed by atoms with E-state index >= 15 is 0 Å². The molecule has 6 N–H and O–H groups in total. The summed E-state index contributed by atoms with van der Waals surface area (Å²) in [5, 5.41) is 27.0. The number of aryl methyl sites for hydroxylation is 1. The first-order chi connectivity index (χ1) is 10.0. The smallest absolute Gasteiger partial charge is 0.330 e. The maximum Gasteiger partial charge on any atom is 0.330 e. The van der Waals surface area contributed by atoms with E-state index in [0.29, 0.717) is 0 Å². The highest BCUT2D eigenvalue weighted by molar-refractivity contribution is 8.09. The number of aromatic amines is 1. The molecule has 124 valence electrons. The Morgan fingerprint density at radius 2 is 2.09 bits per heavy atom. The third-order valence-corrected chi connectivity index (χ3v) is 5.90. The first-order valence-corrected chi connectivity index (χ1v) is 8.79. The molecule has 1 aromatic heterocycles. The van der Waals surface area contributed by atoms with Gasteiger partial charge in [-0.1, -0.05) is 0 Å². The Balaban J connectivity index is 2.57. The minimum Gasteiger partial charge on any atom is -0.394 e. The van der Waals surface area contributed by atoms with Crippen LogP contribution in [0.1, 0.15) is 11.8 Å². The van der Waals surface area contributed by atoms with Crippen molar-refractivity contribution in [3.8, 4) is 0 Å². The summed E-state index contributed by atoms with van der Waals surface area (Å²) in [5.41, 5.74) is -1.46. The molecule has 1 saturated heterocycles. The van der Waals surface area contributed by atoms with Crippen LogP contribution in [0.4, 0.5) is 0 Å². The first-order valence-electron chi connectivity index (χ1n) is 6.08. The largest absolute Gasteiger partial charge is 0.394 e. The Morgan fingerprint density at radius 3 is 2.55 bits per heavy atom. The predicted octanol–water partition coefficient (Wildman–Crippen LogP) is -2.92. The van der Waals surface area contributed by atoms with Gasteiger partial charge in [0.05, 0.1) is 6.61 Å². The molecule has 1 fully saturated rings. The zero-order chi connectivity index (χ0) is 16.9. The highest BCUT2D eigenvalue weighted by Crippen LogP contribution is 2.58. The number of aliphatic hydroxyl groups excluding tert-OH is 2. The predicted molar refractivity (Wildman–Crippen MR) is 76.7 cm³/mol. The molecule has 22 heavy (non-hydrogen) atoms. The molecule has 10 nitrogen and oxygen atoms in total. The Hall–Kier alpha value is -0.910. The molecule has 2 heterocycles. The SMILES string of the molecule is Cc1cn([C@@H]2O[C@H](CO)[C@](O)(P(O)(O)=S)[C@H]2O)c(=O)[nH]c1=O. The molecule has 0 spiro atoms. The fraction of sp³-hybridized carbons (Fsp3) is 0.600. The lowest BCUT2D eigenvalue weighted by atomic mass is 10.1. The van der Waals surface area contributed by atoms with Crippen molar-refractivity contribution in [1.82, 2.24) is 9.55 Å². The van der Waals surface area contributed by atoms with E-state index in [1.807, 2.05) is 4.98 Å². The summed E-state index contributed by atoms with van der Waals surface area (Å²) in [6, 6.07) is 0. The summed E-state index contributed by atoms with van der Waals surface area (Å²) in [6.45, 7) is -3.96. The Kier molecular flexibility index (Phi) is 4.46. The Bertz CT molecular complexity index is 741. The zero-order valence-corrected chi connectivity index (χ0v) is 13.0. The zero-order valence-electron chi connectivity index (χ0n) is 11.3. The van der Waals surface area contributed by atoms with Crippen LogP contribution in [0.5, 0.6) is 0 Å². The minimum absolute atomic E-state index is 0.124. The van der Waals surface area contributed by atoms with Gasteiger partial charge in [0.15, 0.2) is 11.6 Å². The number of H-pyrrole nitrogens is 1. The summed E-state index contributed by atoms with van der Waals surface area (Å²) >= 11 is 4.44. The van der Waals surface area contributed by atoms with Crippen LogP contribution in [-0.4, -0.2) is 58.8 Å². The lowest BCUT2D eigenvalue weighted by Gasteiger charge is -2.33.